The smallest absolute Gasteiger partial charge is 0.266 e. The van der Waals surface area contributed by atoms with Gasteiger partial charge < -0.3 is 10.4 Å². The first-order chi connectivity index (χ1) is 15.7. The van der Waals surface area contributed by atoms with Crippen molar-refractivity contribution >= 4 is 32.4 Å². The number of nitrogens with zero attached hydrogens (tertiary/aromatic N) is 4. The second-order valence-corrected chi connectivity index (χ2v) is 10.2. The van der Waals surface area contributed by atoms with Gasteiger partial charge in [0.15, 0.2) is 10.8 Å². The minimum Gasteiger partial charge on any atom is -0.393 e. The minimum atomic E-state index is -3.89. The lowest BCUT2D eigenvalue weighted by molar-refractivity contribution is 0.113. The summed E-state index contributed by atoms with van der Waals surface area (Å²) in [7, 11) is -3.89. The van der Waals surface area contributed by atoms with E-state index in [-0.39, 0.29) is 35.7 Å². The minimum absolute atomic E-state index is 0.153. The van der Waals surface area contributed by atoms with Gasteiger partial charge in [0.1, 0.15) is 5.82 Å². The van der Waals surface area contributed by atoms with E-state index in [1.165, 1.54) is 22.6 Å². The van der Waals surface area contributed by atoms with E-state index < -0.39 is 33.9 Å². The number of aliphatic hydroxyl groups excluding tert-OH is 1. The van der Waals surface area contributed by atoms with Crippen molar-refractivity contribution in [1.82, 2.24) is 19.1 Å². The van der Waals surface area contributed by atoms with Gasteiger partial charge in [-0.3, -0.25) is 4.68 Å². The first-order valence-electron chi connectivity index (χ1n) is 10.6. The molecule has 1 aliphatic heterocycles. The SMILES string of the molecule is O=S(=O)(c1cc2c(Nc3ccc(F)c(C(F)F)c3)nn(C3CC3)c2cn1)N1CCC(O)CC1. The van der Waals surface area contributed by atoms with E-state index in [4.69, 9.17) is 0 Å². The van der Waals surface area contributed by atoms with Crippen LogP contribution in [0.25, 0.3) is 10.9 Å². The first kappa shape index (κ1) is 22.1. The maximum Gasteiger partial charge on any atom is 0.266 e. The van der Waals surface area contributed by atoms with Crippen LogP contribution in [0.2, 0.25) is 0 Å². The molecule has 5 rings (SSSR count). The molecule has 2 aromatic heterocycles. The maximum absolute atomic E-state index is 13.7. The summed E-state index contributed by atoms with van der Waals surface area (Å²) in [6, 6.07) is 4.86. The summed E-state index contributed by atoms with van der Waals surface area (Å²) >= 11 is 0. The number of aliphatic hydroxyl groups is 1. The summed E-state index contributed by atoms with van der Waals surface area (Å²) in [4.78, 5) is 4.18. The lowest BCUT2D eigenvalue weighted by Crippen LogP contribution is -2.40. The van der Waals surface area contributed by atoms with Crippen molar-refractivity contribution in [1.29, 1.82) is 0 Å². The Balaban J connectivity index is 1.54. The summed E-state index contributed by atoms with van der Waals surface area (Å²) in [5, 5.41) is 17.5. The molecule has 176 valence electrons. The predicted molar refractivity (Wildman–Crippen MR) is 114 cm³/mol. The number of halogens is 3. The monoisotopic (exact) mass is 481 g/mol. The van der Waals surface area contributed by atoms with Crippen LogP contribution in [-0.4, -0.2) is 51.8 Å². The molecule has 0 unspecified atom stereocenters. The average molecular weight is 482 g/mol. The van der Waals surface area contributed by atoms with Crippen molar-refractivity contribution in [3.8, 4) is 0 Å². The number of sulfonamides is 1. The van der Waals surface area contributed by atoms with Crippen LogP contribution < -0.4 is 5.32 Å². The zero-order valence-corrected chi connectivity index (χ0v) is 18.3. The number of hydrogen-bond donors (Lipinski definition) is 2. The molecule has 3 heterocycles. The Labute approximate surface area is 188 Å². The second kappa shape index (κ2) is 8.26. The van der Waals surface area contributed by atoms with Crippen molar-refractivity contribution in [3.05, 3.63) is 41.8 Å². The van der Waals surface area contributed by atoms with E-state index in [2.05, 4.69) is 15.4 Å². The third-order valence-corrected chi connectivity index (χ3v) is 7.78. The van der Waals surface area contributed by atoms with Gasteiger partial charge in [0, 0.05) is 24.2 Å². The Morgan fingerprint density at radius 2 is 1.85 bits per heavy atom. The molecule has 3 aromatic rings. The highest BCUT2D eigenvalue weighted by Gasteiger charge is 2.32. The van der Waals surface area contributed by atoms with Gasteiger partial charge in [-0.15, -0.1) is 0 Å². The van der Waals surface area contributed by atoms with Crippen LogP contribution in [0.5, 0.6) is 0 Å². The fraction of sp³-hybridized carbons (Fsp3) is 0.429. The fourth-order valence-electron chi connectivity index (χ4n) is 3.99. The van der Waals surface area contributed by atoms with Crippen LogP contribution in [0.15, 0.2) is 35.5 Å². The van der Waals surface area contributed by atoms with Crippen LogP contribution in [0.4, 0.5) is 24.7 Å². The first-order valence-corrected chi connectivity index (χ1v) is 12.1. The van der Waals surface area contributed by atoms with Crippen LogP contribution in [-0.2, 0) is 10.0 Å². The lowest BCUT2D eigenvalue weighted by Gasteiger charge is -2.28. The molecule has 1 saturated carbocycles. The molecule has 8 nitrogen and oxygen atoms in total. The number of nitrogens with one attached hydrogen (secondary N) is 1. The molecule has 1 saturated heterocycles. The van der Waals surface area contributed by atoms with Crippen molar-refractivity contribution in [2.75, 3.05) is 18.4 Å². The molecule has 1 aromatic carbocycles. The van der Waals surface area contributed by atoms with Gasteiger partial charge in [-0.1, -0.05) is 0 Å². The zero-order chi connectivity index (χ0) is 23.3. The normalized spacial score (nSPS) is 18.3. The summed E-state index contributed by atoms with van der Waals surface area (Å²) in [6.07, 6.45) is 0.490. The van der Waals surface area contributed by atoms with Crippen LogP contribution in [0, 0.1) is 5.82 Å². The van der Waals surface area contributed by atoms with E-state index in [0.717, 1.165) is 25.0 Å². The molecule has 2 N–H and O–H groups in total. The topological polar surface area (TPSA) is 100 Å². The number of rotatable bonds is 6. The molecule has 0 bridgehead atoms. The van der Waals surface area contributed by atoms with Crippen LogP contribution in [0.3, 0.4) is 0 Å². The number of piperidine rings is 1. The highest BCUT2D eigenvalue weighted by molar-refractivity contribution is 7.89. The molecule has 0 amide bonds. The van der Waals surface area contributed by atoms with Gasteiger partial charge in [-0.25, -0.2) is 26.6 Å². The highest BCUT2D eigenvalue weighted by Crippen LogP contribution is 2.39. The molecule has 0 spiro atoms. The van der Waals surface area contributed by atoms with Crippen molar-refractivity contribution < 1.29 is 26.7 Å². The van der Waals surface area contributed by atoms with E-state index in [0.29, 0.717) is 23.7 Å². The van der Waals surface area contributed by atoms with Crippen LogP contribution >= 0.6 is 0 Å². The molecular weight excluding hydrogens is 459 g/mol. The van der Waals surface area contributed by atoms with E-state index >= 15 is 0 Å². The van der Waals surface area contributed by atoms with Gasteiger partial charge in [0.2, 0.25) is 0 Å². The van der Waals surface area contributed by atoms with Crippen molar-refractivity contribution in [3.63, 3.8) is 0 Å². The van der Waals surface area contributed by atoms with Gasteiger partial charge in [0.05, 0.1) is 29.4 Å². The number of hydrogen-bond acceptors (Lipinski definition) is 6. The third-order valence-electron chi connectivity index (χ3n) is 5.98. The standard InChI is InChI=1S/C21H22F3N5O3S/c22-17-4-1-12(9-15(17)20(23)24)26-21-16-10-19(25-11-18(16)29(27-21)13-2-3-13)33(31,32)28-7-5-14(30)6-8-28/h1,4,9-11,13-14,20,30H,2-3,5-8H2,(H,26,27). The molecule has 33 heavy (non-hydrogen) atoms. The van der Waals surface area contributed by atoms with Crippen LogP contribution in [0.1, 0.15) is 43.7 Å². The maximum atomic E-state index is 13.7. The van der Waals surface area contributed by atoms with Gasteiger partial charge >= 0.3 is 0 Å². The molecule has 2 fully saturated rings. The number of benzene rings is 1. The fourth-order valence-corrected chi connectivity index (χ4v) is 5.40. The Morgan fingerprint density at radius 3 is 2.52 bits per heavy atom. The largest absolute Gasteiger partial charge is 0.393 e. The predicted octanol–water partition coefficient (Wildman–Crippen LogP) is 3.73. The average Bonchev–Trinajstić information content (AvgIpc) is 3.57. The molecule has 0 atom stereocenters. The molecular formula is C21H22F3N5O3S. The molecule has 12 heteroatoms. The second-order valence-electron chi connectivity index (χ2n) is 8.36. The van der Waals surface area contributed by atoms with Crippen molar-refractivity contribution in [2.45, 2.75) is 49.3 Å². The summed E-state index contributed by atoms with van der Waals surface area (Å²) in [5.41, 5.74) is 0.0904. The molecule has 0 radical (unpaired) electrons. The molecule has 1 aliphatic carbocycles. The van der Waals surface area contributed by atoms with Gasteiger partial charge in [-0.2, -0.15) is 9.40 Å². The summed E-state index contributed by atoms with van der Waals surface area (Å²) in [5.74, 6) is -0.732. The van der Waals surface area contributed by atoms with Crippen molar-refractivity contribution in [2.24, 2.45) is 0 Å². The van der Waals surface area contributed by atoms with Gasteiger partial charge in [-0.05, 0) is 49.9 Å². The Morgan fingerprint density at radius 1 is 1.12 bits per heavy atom. The summed E-state index contributed by atoms with van der Waals surface area (Å²) < 4.78 is 69.2. The quantitative estimate of drug-likeness (QED) is 0.557. The van der Waals surface area contributed by atoms with E-state index in [1.807, 2.05) is 0 Å². The number of aromatic nitrogens is 3. The number of pyridine rings is 1. The number of fused-ring (bicyclic) bond motifs is 1. The van der Waals surface area contributed by atoms with Gasteiger partial charge in [0.25, 0.3) is 16.4 Å². The zero-order valence-electron chi connectivity index (χ0n) is 17.5. The van der Waals surface area contributed by atoms with E-state index in [9.17, 15) is 26.7 Å². The number of alkyl halides is 2. The Bertz CT molecular complexity index is 1300. The van der Waals surface area contributed by atoms with E-state index in [1.54, 1.807) is 4.68 Å². The lowest BCUT2D eigenvalue weighted by atomic mass is 10.1. The molecule has 2 aliphatic rings. The highest BCUT2D eigenvalue weighted by atomic mass is 32.2. The summed E-state index contributed by atoms with van der Waals surface area (Å²) in [6.45, 7) is 0.392. The Kier molecular flexibility index (Phi) is 5.53. The Hall–Kier alpha value is -2.70. The number of anilines is 2. The third kappa shape index (κ3) is 4.18.